The van der Waals surface area contributed by atoms with Gasteiger partial charge in [0.15, 0.2) is 0 Å². The number of hydrogen-bond donors (Lipinski definition) is 2. The molecule has 0 aliphatic carbocycles. The molecule has 0 bridgehead atoms. The van der Waals surface area contributed by atoms with E-state index in [1.807, 2.05) is 31.2 Å². The van der Waals surface area contributed by atoms with Crippen LogP contribution in [0.15, 0.2) is 47.6 Å². The number of nitrogen functional groups attached to an aromatic ring is 1. The Morgan fingerprint density at radius 2 is 2.10 bits per heavy atom. The number of pyridine rings is 1. The van der Waals surface area contributed by atoms with Crippen LogP contribution in [0.4, 0.5) is 11.4 Å². The molecule has 6 nitrogen and oxygen atoms in total. The standard InChI is InChI=1S/C14H16N4O2S/c1-10-8-11-4-2-3-5-13(11)18(10)21(19,20)14-9-16-7-6-12(14)17-15/h2-7,9-10H,8,15H2,1H3,(H,16,17). The van der Waals surface area contributed by atoms with Gasteiger partial charge in [-0.2, -0.15) is 0 Å². The lowest BCUT2D eigenvalue weighted by atomic mass is 10.1. The molecule has 0 spiro atoms. The van der Waals surface area contributed by atoms with E-state index in [9.17, 15) is 8.42 Å². The Bertz CT molecular complexity index is 776. The molecule has 110 valence electrons. The fourth-order valence-corrected chi connectivity index (χ4v) is 4.51. The van der Waals surface area contributed by atoms with Crippen LogP contribution < -0.4 is 15.6 Å². The number of hydrogen-bond acceptors (Lipinski definition) is 5. The molecule has 0 fully saturated rings. The molecule has 3 rings (SSSR count). The second kappa shape index (κ2) is 5.01. The van der Waals surface area contributed by atoms with Crippen LogP contribution in [0, 0.1) is 0 Å². The minimum absolute atomic E-state index is 0.0797. The van der Waals surface area contributed by atoms with Gasteiger partial charge in [-0.1, -0.05) is 18.2 Å². The quantitative estimate of drug-likeness (QED) is 0.663. The maximum absolute atomic E-state index is 13.0. The van der Waals surface area contributed by atoms with Gasteiger partial charge in [-0.05, 0) is 31.0 Å². The highest BCUT2D eigenvalue weighted by Crippen LogP contribution is 2.37. The minimum Gasteiger partial charge on any atom is -0.323 e. The topological polar surface area (TPSA) is 88.3 Å². The fraction of sp³-hybridized carbons (Fsp3) is 0.214. The summed E-state index contributed by atoms with van der Waals surface area (Å²) in [6, 6.07) is 8.93. The fourth-order valence-electron chi connectivity index (χ4n) is 2.71. The Hall–Kier alpha value is -2.12. The molecule has 7 heteroatoms. The lowest BCUT2D eigenvalue weighted by Gasteiger charge is -2.25. The first kappa shape index (κ1) is 13.8. The number of sulfonamides is 1. The number of benzene rings is 1. The second-order valence-corrected chi connectivity index (χ2v) is 6.78. The van der Waals surface area contributed by atoms with Gasteiger partial charge in [0.2, 0.25) is 0 Å². The number of para-hydroxylation sites is 1. The average molecular weight is 304 g/mol. The molecule has 0 saturated heterocycles. The van der Waals surface area contributed by atoms with Crippen molar-refractivity contribution in [3.8, 4) is 0 Å². The number of anilines is 2. The molecule has 21 heavy (non-hydrogen) atoms. The van der Waals surface area contributed by atoms with Gasteiger partial charge >= 0.3 is 0 Å². The number of hydrazine groups is 1. The van der Waals surface area contributed by atoms with E-state index in [1.54, 1.807) is 6.07 Å². The molecule has 0 amide bonds. The SMILES string of the molecule is CC1Cc2ccccc2N1S(=O)(=O)c1cnccc1NN. The molecule has 3 N–H and O–H groups in total. The molecule has 1 aromatic carbocycles. The van der Waals surface area contributed by atoms with Gasteiger partial charge in [0.1, 0.15) is 4.90 Å². The highest BCUT2D eigenvalue weighted by Gasteiger charge is 2.37. The maximum Gasteiger partial charge on any atom is 0.268 e. The van der Waals surface area contributed by atoms with Crippen molar-refractivity contribution < 1.29 is 8.42 Å². The normalized spacial score (nSPS) is 17.6. The van der Waals surface area contributed by atoms with Crippen LogP contribution in [0.1, 0.15) is 12.5 Å². The van der Waals surface area contributed by atoms with Crippen LogP contribution in [0.5, 0.6) is 0 Å². The number of nitrogens with one attached hydrogen (secondary N) is 1. The highest BCUT2D eigenvalue weighted by molar-refractivity contribution is 7.93. The molecule has 1 atom stereocenters. The first-order valence-electron chi connectivity index (χ1n) is 6.58. The van der Waals surface area contributed by atoms with Gasteiger partial charge in [0.25, 0.3) is 10.0 Å². The summed E-state index contributed by atoms with van der Waals surface area (Å²) in [4.78, 5) is 3.99. The largest absolute Gasteiger partial charge is 0.323 e. The van der Waals surface area contributed by atoms with Crippen molar-refractivity contribution in [3.63, 3.8) is 0 Å². The van der Waals surface area contributed by atoms with Crippen LogP contribution in [-0.4, -0.2) is 19.4 Å². The first-order chi connectivity index (χ1) is 10.1. The average Bonchev–Trinajstić information content (AvgIpc) is 2.83. The van der Waals surface area contributed by atoms with Crippen LogP contribution >= 0.6 is 0 Å². The van der Waals surface area contributed by atoms with Crippen LogP contribution in [0.2, 0.25) is 0 Å². The number of nitrogens with two attached hydrogens (primary N) is 1. The van der Waals surface area contributed by atoms with E-state index >= 15 is 0 Å². The maximum atomic E-state index is 13.0. The summed E-state index contributed by atoms with van der Waals surface area (Å²) in [5.74, 6) is 5.41. The summed E-state index contributed by atoms with van der Waals surface area (Å²) in [5, 5.41) is 0. The summed E-state index contributed by atoms with van der Waals surface area (Å²) in [7, 11) is -3.72. The van der Waals surface area contributed by atoms with Crippen LogP contribution in [-0.2, 0) is 16.4 Å². The Morgan fingerprint density at radius 1 is 1.33 bits per heavy atom. The smallest absolute Gasteiger partial charge is 0.268 e. The van der Waals surface area contributed by atoms with E-state index in [-0.39, 0.29) is 10.9 Å². The van der Waals surface area contributed by atoms with Crippen molar-refractivity contribution in [2.75, 3.05) is 9.73 Å². The molecule has 1 aliphatic rings. The predicted molar refractivity (Wildman–Crippen MR) is 81.3 cm³/mol. The first-order valence-corrected chi connectivity index (χ1v) is 8.02. The van der Waals surface area contributed by atoms with Crippen molar-refractivity contribution in [3.05, 3.63) is 48.3 Å². The Kier molecular flexibility index (Phi) is 3.30. The van der Waals surface area contributed by atoms with E-state index in [0.29, 0.717) is 12.1 Å². The van der Waals surface area contributed by atoms with Crippen molar-refractivity contribution in [2.45, 2.75) is 24.3 Å². The number of aromatic nitrogens is 1. The van der Waals surface area contributed by atoms with Crippen molar-refractivity contribution in [1.82, 2.24) is 4.98 Å². The van der Waals surface area contributed by atoms with Crippen LogP contribution in [0.3, 0.4) is 0 Å². The molecule has 2 aromatic rings. The van der Waals surface area contributed by atoms with Crippen molar-refractivity contribution in [1.29, 1.82) is 0 Å². The van der Waals surface area contributed by atoms with E-state index < -0.39 is 10.0 Å². The zero-order chi connectivity index (χ0) is 15.0. The van der Waals surface area contributed by atoms with Gasteiger partial charge in [-0.15, -0.1) is 0 Å². The number of fused-ring (bicyclic) bond motifs is 1. The third-order valence-corrected chi connectivity index (χ3v) is 5.58. The molecular weight excluding hydrogens is 288 g/mol. The van der Waals surface area contributed by atoms with Gasteiger partial charge < -0.3 is 5.43 Å². The summed E-state index contributed by atoms with van der Waals surface area (Å²) in [6.45, 7) is 1.89. The Morgan fingerprint density at radius 3 is 2.86 bits per heavy atom. The molecule has 1 unspecified atom stereocenters. The van der Waals surface area contributed by atoms with E-state index in [0.717, 1.165) is 11.3 Å². The van der Waals surface area contributed by atoms with Gasteiger partial charge in [0.05, 0.1) is 11.4 Å². The van der Waals surface area contributed by atoms with Gasteiger partial charge in [-0.3, -0.25) is 15.1 Å². The van der Waals surface area contributed by atoms with Gasteiger partial charge in [-0.25, -0.2) is 8.42 Å². The predicted octanol–water partition coefficient (Wildman–Crippen LogP) is 1.51. The third kappa shape index (κ3) is 2.14. The molecular formula is C14H16N4O2S. The zero-order valence-electron chi connectivity index (χ0n) is 11.5. The Labute approximate surface area is 123 Å². The molecule has 2 heterocycles. The van der Waals surface area contributed by atoms with E-state index in [4.69, 9.17) is 5.84 Å². The van der Waals surface area contributed by atoms with E-state index in [1.165, 1.54) is 16.7 Å². The third-order valence-electron chi connectivity index (χ3n) is 3.62. The van der Waals surface area contributed by atoms with Gasteiger partial charge in [0, 0.05) is 18.4 Å². The lowest BCUT2D eigenvalue weighted by molar-refractivity contribution is 0.584. The second-order valence-electron chi connectivity index (χ2n) is 5.00. The molecule has 1 aromatic heterocycles. The van der Waals surface area contributed by atoms with Crippen molar-refractivity contribution in [2.24, 2.45) is 5.84 Å². The van der Waals surface area contributed by atoms with E-state index in [2.05, 4.69) is 10.4 Å². The molecule has 0 radical (unpaired) electrons. The monoisotopic (exact) mass is 304 g/mol. The summed E-state index contributed by atoms with van der Waals surface area (Å²) < 4.78 is 27.4. The summed E-state index contributed by atoms with van der Waals surface area (Å²) in [5.41, 5.74) is 4.50. The molecule has 1 aliphatic heterocycles. The summed E-state index contributed by atoms with van der Waals surface area (Å²) >= 11 is 0. The molecule has 0 saturated carbocycles. The van der Waals surface area contributed by atoms with Crippen molar-refractivity contribution >= 4 is 21.4 Å². The summed E-state index contributed by atoms with van der Waals surface area (Å²) in [6.07, 6.45) is 3.51. The highest BCUT2D eigenvalue weighted by atomic mass is 32.2. The van der Waals surface area contributed by atoms with Crippen LogP contribution in [0.25, 0.3) is 0 Å². The lowest BCUT2D eigenvalue weighted by Crippen LogP contribution is -2.36. The Balaban J connectivity index is 2.15. The number of rotatable bonds is 3. The zero-order valence-corrected chi connectivity index (χ0v) is 12.3. The minimum atomic E-state index is -3.72. The number of nitrogens with zero attached hydrogens (tertiary/aromatic N) is 2.